The standard InChI is InChI=1S/C11H16N2O2/c1-3-13-7(2)9-5-4-8(11(14)15)6-10(9)12-13/h8H,3-6H2,1-2H3,(H,14,15). The smallest absolute Gasteiger partial charge is 0.306 e. The van der Waals surface area contributed by atoms with E-state index in [0.717, 1.165) is 25.1 Å². The molecule has 4 heteroatoms. The number of fused-ring (bicyclic) bond motifs is 1. The average Bonchev–Trinajstić information content (AvgIpc) is 2.55. The number of carboxylic acid groups (broad SMARTS) is 1. The third kappa shape index (κ3) is 1.64. The van der Waals surface area contributed by atoms with Gasteiger partial charge in [0.25, 0.3) is 0 Å². The Morgan fingerprint density at radius 3 is 3.00 bits per heavy atom. The maximum absolute atomic E-state index is 10.9. The van der Waals surface area contributed by atoms with Crippen molar-refractivity contribution >= 4 is 5.97 Å². The van der Waals surface area contributed by atoms with Crippen LogP contribution in [0.1, 0.15) is 30.3 Å². The summed E-state index contributed by atoms with van der Waals surface area (Å²) in [4.78, 5) is 10.9. The lowest BCUT2D eigenvalue weighted by Crippen LogP contribution is -2.22. The zero-order chi connectivity index (χ0) is 11.0. The lowest BCUT2D eigenvalue weighted by Gasteiger charge is -2.17. The molecule has 1 aliphatic rings. The highest BCUT2D eigenvalue weighted by Crippen LogP contribution is 2.27. The van der Waals surface area contributed by atoms with Crippen LogP contribution in [-0.2, 0) is 24.2 Å². The van der Waals surface area contributed by atoms with Gasteiger partial charge in [0.1, 0.15) is 0 Å². The molecule has 0 aliphatic heterocycles. The summed E-state index contributed by atoms with van der Waals surface area (Å²) in [6.07, 6.45) is 2.20. The van der Waals surface area contributed by atoms with Crippen LogP contribution < -0.4 is 0 Å². The van der Waals surface area contributed by atoms with Gasteiger partial charge in [0, 0.05) is 18.7 Å². The lowest BCUT2D eigenvalue weighted by molar-refractivity contribution is -0.142. The summed E-state index contributed by atoms with van der Waals surface area (Å²) in [6, 6.07) is 0. The topological polar surface area (TPSA) is 55.1 Å². The Morgan fingerprint density at radius 2 is 2.40 bits per heavy atom. The molecule has 0 aromatic carbocycles. The van der Waals surface area contributed by atoms with Gasteiger partial charge in [-0.05, 0) is 32.3 Å². The Morgan fingerprint density at radius 1 is 1.67 bits per heavy atom. The molecule has 0 fully saturated rings. The van der Waals surface area contributed by atoms with Crippen molar-refractivity contribution in [1.29, 1.82) is 0 Å². The average molecular weight is 208 g/mol. The number of hydrogen-bond acceptors (Lipinski definition) is 2. The van der Waals surface area contributed by atoms with Gasteiger partial charge >= 0.3 is 5.97 Å². The molecule has 0 radical (unpaired) electrons. The van der Waals surface area contributed by atoms with Gasteiger partial charge in [-0.1, -0.05) is 0 Å². The first-order valence-corrected chi connectivity index (χ1v) is 5.41. The van der Waals surface area contributed by atoms with Crippen LogP contribution in [0.5, 0.6) is 0 Å². The van der Waals surface area contributed by atoms with Gasteiger partial charge in [-0.2, -0.15) is 5.10 Å². The molecule has 82 valence electrons. The molecule has 1 unspecified atom stereocenters. The number of aryl methyl sites for hydroxylation is 1. The van der Waals surface area contributed by atoms with E-state index in [-0.39, 0.29) is 5.92 Å². The van der Waals surface area contributed by atoms with Crippen LogP contribution in [0.25, 0.3) is 0 Å². The Bertz CT molecular complexity index is 396. The van der Waals surface area contributed by atoms with Gasteiger partial charge in [-0.25, -0.2) is 0 Å². The molecular formula is C11H16N2O2. The van der Waals surface area contributed by atoms with Crippen molar-refractivity contribution in [3.8, 4) is 0 Å². The summed E-state index contributed by atoms with van der Waals surface area (Å²) in [7, 11) is 0. The number of aromatic nitrogens is 2. The first-order chi connectivity index (χ1) is 7.13. The van der Waals surface area contributed by atoms with Crippen molar-refractivity contribution in [1.82, 2.24) is 9.78 Å². The molecule has 2 rings (SSSR count). The minimum absolute atomic E-state index is 0.239. The van der Waals surface area contributed by atoms with Gasteiger partial charge in [0.2, 0.25) is 0 Å². The minimum Gasteiger partial charge on any atom is -0.481 e. The summed E-state index contributed by atoms with van der Waals surface area (Å²) in [5.74, 6) is -0.929. The molecule has 1 N–H and O–H groups in total. The summed E-state index contributed by atoms with van der Waals surface area (Å²) in [6.45, 7) is 4.98. The lowest BCUT2D eigenvalue weighted by atomic mass is 9.87. The molecule has 1 aliphatic carbocycles. The van der Waals surface area contributed by atoms with Crippen LogP contribution in [0, 0.1) is 12.8 Å². The van der Waals surface area contributed by atoms with E-state index in [4.69, 9.17) is 5.11 Å². The van der Waals surface area contributed by atoms with E-state index in [2.05, 4.69) is 18.9 Å². The van der Waals surface area contributed by atoms with Gasteiger partial charge in [-0.3, -0.25) is 9.48 Å². The summed E-state index contributed by atoms with van der Waals surface area (Å²) < 4.78 is 1.97. The number of rotatable bonds is 2. The molecule has 1 heterocycles. The van der Waals surface area contributed by atoms with Gasteiger partial charge in [0.15, 0.2) is 0 Å². The molecule has 0 amide bonds. The van der Waals surface area contributed by atoms with Crippen LogP contribution in [-0.4, -0.2) is 20.9 Å². The number of aliphatic carboxylic acids is 1. The molecule has 1 atom stereocenters. The Hall–Kier alpha value is -1.32. The molecule has 0 spiro atoms. The number of nitrogens with zero attached hydrogens (tertiary/aromatic N) is 2. The second-order valence-electron chi connectivity index (χ2n) is 4.10. The van der Waals surface area contributed by atoms with Crippen LogP contribution in [0.15, 0.2) is 0 Å². The molecule has 4 nitrogen and oxygen atoms in total. The molecule has 15 heavy (non-hydrogen) atoms. The predicted octanol–water partition coefficient (Wildman–Crippen LogP) is 1.40. The SMILES string of the molecule is CCn1nc2c(c1C)CCC(C(=O)O)C2. The summed E-state index contributed by atoms with van der Waals surface area (Å²) in [5, 5.41) is 13.4. The van der Waals surface area contributed by atoms with Crippen LogP contribution in [0.4, 0.5) is 0 Å². The van der Waals surface area contributed by atoms with Gasteiger partial charge in [-0.15, -0.1) is 0 Å². The van der Waals surface area contributed by atoms with E-state index < -0.39 is 5.97 Å². The first kappa shape index (κ1) is 10.2. The minimum atomic E-state index is -0.690. The number of carbonyl (C=O) groups is 1. The fraction of sp³-hybridized carbons (Fsp3) is 0.636. The summed E-state index contributed by atoms with van der Waals surface area (Å²) in [5.41, 5.74) is 3.47. The highest BCUT2D eigenvalue weighted by molar-refractivity contribution is 5.70. The third-order valence-corrected chi connectivity index (χ3v) is 3.24. The van der Waals surface area contributed by atoms with Crippen molar-refractivity contribution in [2.75, 3.05) is 0 Å². The molecule has 1 aromatic heterocycles. The van der Waals surface area contributed by atoms with Crippen molar-refractivity contribution in [2.24, 2.45) is 5.92 Å². The third-order valence-electron chi connectivity index (χ3n) is 3.24. The maximum atomic E-state index is 10.9. The van der Waals surface area contributed by atoms with E-state index in [1.54, 1.807) is 0 Å². The maximum Gasteiger partial charge on any atom is 0.306 e. The zero-order valence-electron chi connectivity index (χ0n) is 9.16. The van der Waals surface area contributed by atoms with Crippen molar-refractivity contribution in [3.63, 3.8) is 0 Å². The van der Waals surface area contributed by atoms with E-state index >= 15 is 0 Å². The van der Waals surface area contributed by atoms with Crippen molar-refractivity contribution < 1.29 is 9.90 Å². The Labute approximate surface area is 88.9 Å². The van der Waals surface area contributed by atoms with E-state index in [1.165, 1.54) is 11.3 Å². The van der Waals surface area contributed by atoms with E-state index in [9.17, 15) is 4.79 Å². The number of hydrogen-bond donors (Lipinski definition) is 1. The zero-order valence-corrected chi connectivity index (χ0v) is 9.16. The molecule has 0 saturated heterocycles. The van der Waals surface area contributed by atoms with Crippen LogP contribution in [0.3, 0.4) is 0 Å². The number of carboxylic acids is 1. The first-order valence-electron chi connectivity index (χ1n) is 5.41. The highest BCUT2D eigenvalue weighted by atomic mass is 16.4. The Kier molecular flexibility index (Phi) is 2.50. The Balaban J connectivity index is 2.31. The normalized spacial score (nSPS) is 20.0. The van der Waals surface area contributed by atoms with Crippen molar-refractivity contribution in [3.05, 3.63) is 17.0 Å². The fourth-order valence-electron chi connectivity index (χ4n) is 2.31. The van der Waals surface area contributed by atoms with Crippen LogP contribution in [0.2, 0.25) is 0 Å². The van der Waals surface area contributed by atoms with E-state index in [0.29, 0.717) is 6.42 Å². The van der Waals surface area contributed by atoms with E-state index in [1.807, 2.05) is 4.68 Å². The molecular weight excluding hydrogens is 192 g/mol. The molecule has 1 aromatic rings. The second kappa shape index (κ2) is 3.68. The highest BCUT2D eigenvalue weighted by Gasteiger charge is 2.27. The molecule has 0 saturated carbocycles. The monoisotopic (exact) mass is 208 g/mol. The largest absolute Gasteiger partial charge is 0.481 e. The summed E-state index contributed by atoms with van der Waals surface area (Å²) >= 11 is 0. The second-order valence-corrected chi connectivity index (χ2v) is 4.10. The quantitative estimate of drug-likeness (QED) is 0.799. The molecule has 0 bridgehead atoms. The fourth-order valence-corrected chi connectivity index (χ4v) is 2.31. The van der Waals surface area contributed by atoms with Gasteiger partial charge < -0.3 is 5.11 Å². The van der Waals surface area contributed by atoms with Crippen LogP contribution >= 0.6 is 0 Å². The van der Waals surface area contributed by atoms with Gasteiger partial charge in [0.05, 0.1) is 11.6 Å². The predicted molar refractivity (Wildman–Crippen MR) is 55.8 cm³/mol. The van der Waals surface area contributed by atoms with Crippen molar-refractivity contribution in [2.45, 2.75) is 39.7 Å².